The van der Waals surface area contributed by atoms with E-state index in [2.05, 4.69) is 4.98 Å². The van der Waals surface area contributed by atoms with Crippen LogP contribution in [0.15, 0.2) is 18.3 Å². The van der Waals surface area contributed by atoms with Crippen molar-refractivity contribution in [2.45, 2.75) is 6.92 Å². The molecule has 0 fully saturated rings. The van der Waals surface area contributed by atoms with Crippen LogP contribution in [0.1, 0.15) is 5.56 Å². The van der Waals surface area contributed by atoms with Crippen molar-refractivity contribution >= 4 is 16.6 Å². The van der Waals surface area contributed by atoms with Crippen LogP contribution in [0.2, 0.25) is 0 Å². The van der Waals surface area contributed by atoms with Crippen molar-refractivity contribution in [1.82, 2.24) is 4.98 Å². The molecular weight excluding hydrogens is 152 g/mol. The minimum atomic E-state index is 0.207. The fourth-order valence-electron chi connectivity index (χ4n) is 1.37. The van der Waals surface area contributed by atoms with Gasteiger partial charge in [0.2, 0.25) is 0 Å². The van der Waals surface area contributed by atoms with Gasteiger partial charge in [-0.2, -0.15) is 0 Å². The first-order chi connectivity index (χ1) is 5.68. The van der Waals surface area contributed by atoms with Crippen LogP contribution < -0.4 is 5.73 Å². The third kappa shape index (κ3) is 0.830. The monoisotopic (exact) mass is 162 g/mol. The number of aromatic amines is 1. The van der Waals surface area contributed by atoms with Crippen molar-refractivity contribution < 1.29 is 5.11 Å². The van der Waals surface area contributed by atoms with Crippen molar-refractivity contribution in [3.63, 3.8) is 0 Å². The van der Waals surface area contributed by atoms with Crippen LogP contribution in [0.25, 0.3) is 10.9 Å². The summed E-state index contributed by atoms with van der Waals surface area (Å²) in [5, 5.41) is 10.4. The Morgan fingerprint density at radius 2 is 2.17 bits per heavy atom. The highest BCUT2D eigenvalue weighted by atomic mass is 16.3. The molecule has 0 radical (unpaired) electrons. The zero-order valence-corrected chi connectivity index (χ0v) is 6.76. The van der Waals surface area contributed by atoms with E-state index in [-0.39, 0.29) is 5.75 Å². The number of hydrogen-bond donors (Lipinski definition) is 3. The van der Waals surface area contributed by atoms with Crippen molar-refractivity contribution in [2.75, 3.05) is 5.73 Å². The number of fused-ring (bicyclic) bond motifs is 1. The number of phenolic OH excluding ortho intramolecular Hbond substituents is 1. The molecule has 1 aromatic carbocycles. The van der Waals surface area contributed by atoms with E-state index in [1.807, 2.05) is 19.2 Å². The number of anilines is 1. The Morgan fingerprint density at radius 1 is 1.42 bits per heavy atom. The van der Waals surface area contributed by atoms with E-state index in [9.17, 15) is 5.11 Å². The maximum atomic E-state index is 9.45. The summed E-state index contributed by atoms with van der Waals surface area (Å²) in [6, 6.07) is 3.39. The fraction of sp³-hybridized carbons (Fsp3) is 0.111. The molecule has 2 rings (SSSR count). The largest absolute Gasteiger partial charge is 0.506 e. The number of aryl methyl sites for hydroxylation is 1. The zero-order valence-electron chi connectivity index (χ0n) is 6.76. The van der Waals surface area contributed by atoms with Gasteiger partial charge in [-0.3, -0.25) is 0 Å². The SMILES string of the molecule is Cc1c[nH]c2c(O)cc(N)cc12. The van der Waals surface area contributed by atoms with E-state index in [0.29, 0.717) is 5.69 Å². The molecule has 0 bridgehead atoms. The minimum Gasteiger partial charge on any atom is -0.506 e. The number of aromatic hydroxyl groups is 1. The Labute approximate surface area is 69.8 Å². The molecule has 0 spiro atoms. The average Bonchev–Trinajstić information content (AvgIpc) is 2.33. The molecule has 1 aromatic heterocycles. The second-order valence-corrected chi connectivity index (χ2v) is 2.93. The van der Waals surface area contributed by atoms with Crippen LogP contribution in [-0.4, -0.2) is 10.1 Å². The Balaban J connectivity index is 2.92. The molecule has 4 N–H and O–H groups in total. The Morgan fingerprint density at radius 3 is 2.92 bits per heavy atom. The first kappa shape index (κ1) is 7.03. The van der Waals surface area contributed by atoms with Gasteiger partial charge in [0, 0.05) is 23.3 Å². The average molecular weight is 162 g/mol. The summed E-state index contributed by atoms with van der Waals surface area (Å²) in [6.45, 7) is 1.97. The van der Waals surface area contributed by atoms with Gasteiger partial charge < -0.3 is 15.8 Å². The predicted octanol–water partition coefficient (Wildman–Crippen LogP) is 1.76. The lowest BCUT2D eigenvalue weighted by molar-refractivity contribution is 0.481. The lowest BCUT2D eigenvalue weighted by atomic mass is 10.1. The lowest BCUT2D eigenvalue weighted by Gasteiger charge is -1.97. The van der Waals surface area contributed by atoms with E-state index in [0.717, 1.165) is 16.5 Å². The molecule has 62 valence electrons. The van der Waals surface area contributed by atoms with E-state index in [1.165, 1.54) is 6.07 Å². The highest BCUT2D eigenvalue weighted by Crippen LogP contribution is 2.28. The first-order valence-corrected chi connectivity index (χ1v) is 3.74. The number of aromatic nitrogens is 1. The topological polar surface area (TPSA) is 62.0 Å². The van der Waals surface area contributed by atoms with E-state index in [1.54, 1.807) is 0 Å². The molecular formula is C9H10N2O. The Bertz CT molecular complexity index is 431. The van der Waals surface area contributed by atoms with E-state index >= 15 is 0 Å². The van der Waals surface area contributed by atoms with Gasteiger partial charge in [-0.1, -0.05) is 0 Å². The number of hydrogen-bond acceptors (Lipinski definition) is 2. The molecule has 2 aromatic rings. The first-order valence-electron chi connectivity index (χ1n) is 3.74. The number of benzene rings is 1. The standard InChI is InChI=1S/C9H10N2O/c1-5-4-11-9-7(5)2-6(10)3-8(9)12/h2-4,11-12H,10H2,1H3. The number of rotatable bonds is 0. The molecule has 0 aliphatic rings. The summed E-state index contributed by atoms with van der Waals surface area (Å²) >= 11 is 0. The van der Waals surface area contributed by atoms with Crippen LogP contribution in [0.4, 0.5) is 5.69 Å². The Kier molecular flexibility index (Phi) is 1.27. The number of H-pyrrole nitrogens is 1. The summed E-state index contributed by atoms with van der Waals surface area (Å²) in [4.78, 5) is 2.98. The van der Waals surface area contributed by atoms with Crippen LogP contribution in [0.5, 0.6) is 5.75 Å². The number of nitrogens with two attached hydrogens (primary N) is 1. The van der Waals surface area contributed by atoms with Crippen LogP contribution in [-0.2, 0) is 0 Å². The van der Waals surface area contributed by atoms with Crippen molar-refractivity contribution in [3.8, 4) is 5.75 Å². The molecule has 1 heterocycles. The third-order valence-electron chi connectivity index (χ3n) is 2.00. The van der Waals surface area contributed by atoms with Gasteiger partial charge in [0.05, 0.1) is 5.52 Å². The van der Waals surface area contributed by atoms with Crippen molar-refractivity contribution in [1.29, 1.82) is 0 Å². The second kappa shape index (κ2) is 2.17. The van der Waals surface area contributed by atoms with Gasteiger partial charge >= 0.3 is 0 Å². The summed E-state index contributed by atoms with van der Waals surface area (Å²) in [5.74, 6) is 0.207. The molecule has 0 aliphatic carbocycles. The summed E-state index contributed by atoms with van der Waals surface area (Å²) in [6.07, 6.45) is 1.85. The van der Waals surface area contributed by atoms with Gasteiger partial charge in [0.25, 0.3) is 0 Å². The second-order valence-electron chi connectivity index (χ2n) is 2.93. The molecule has 0 saturated carbocycles. The van der Waals surface area contributed by atoms with Gasteiger partial charge in [-0.15, -0.1) is 0 Å². The fourth-order valence-corrected chi connectivity index (χ4v) is 1.37. The number of nitrogens with one attached hydrogen (secondary N) is 1. The van der Waals surface area contributed by atoms with Crippen LogP contribution in [0.3, 0.4) is 0 Å². The maximum absolute atomic E-state index is 9.45. The molecule has 12 heavy (non-hydrogen) atoms. The zero-order chi connectivity index (χ0) is 8.72. The normalized spacial score (nSPS) is 10.8. The third-order valence-corrected chi connectivity index (χ3v) is 2.00. The van der Waals surface area contributed by atoms with Crippen molar-refractivity contribution in [2.24, 2.45) is 0 Å². The summed E-state index contributed by atoms with van der Waals surface area (Å²) in [5.41, 5.74) is 8.01. The Hall–Kier alpha value is -1.64. The van der Waals surface area contributed by atoms with Crippen LogP contribution in [0, 0.1) is 6.92 Å². The molecule has 0 unspecified atom stereocenters. The molecule has 3 nitrogen and oxygen atoms in total. The minimum absolute atomic E-state index is 0.207. The van der Waals surface area contributed by atoms with Gasteiger partial charge in [0.1, 0.15) is 5.75 Å². The van der Waals surface area contributed by atoms with Gasteiger partial charge in [-0.25, -0.2) is 0 Å². The van der Waals surface area contributed by atoms with Crippen molar-refractivity contribution in [3.05, 3.63) is 23.9 Å². The smallest absolute Gasteiger partial charge is 0.141 e. The number of nitrogen functional groups attached to an aromatic ring is 1. The summed E-state index contributed by atoms with van der Waals surface area (Å²) in [7, 11) is 0. The molecule has 0 amide bonds. The molecule has 0 aliphatic heterocycles. The molecule has 0 saturated heterocycles. The van der Waals surface area contributed by atoms with E-state index in [4.69, 9.17) is 5.73 Å². The predicted molar refractivity (Wildman–Crippen MR) is 49.1 cm³/mol. The quantitative estimate of drug-likeness (QED) is 0.517. The van der Waals surface area contributed by atoms with E-state index < -0.39 is 0 Å². The summed E-state index contributed by atoms with van der Waals surface area (Å²) < 4.78 is 0. The number of phenols is 1. The maximum Gasteiger partial charge on any atom is 0.141 e. The van der Waals surface area contributed by atoms with Crippen LogP contribution >= 0.6 is 0 Å². The molecule has 3 heteroatoms. The lowest BCUT2D eigenvalue weighted by Crippen LogP contribution is -1.83. The highest BCUT2D eigenvalue weighted by Gasteiger charge is 2.04. The van der Waals surface area contributed by atoms with Gasteiger partial charge in [-0.05, 0) is 18.6 Å². The van der Waals surface area contributed by atoms with Gasteiger partial charge in [0.15, 0.2) is 0 Å². The molecule has 0 atom stereocenters. The highest BCUT2D eigenvalue weighted by molar-refractivity contribution is 5.90.